The normalized spacial score (nSPS) is 10.4. The standard InChI is InChI=1S/C20H20N2O4/c1-14-6-3-4-7-15(14)10-11-19(24)26-13-18(23)22-17-9-5-8-16(12-17)20(25)21-2/h3-12H,13H2,1-2H3,(H,21,25)(H,22,23)/b11-10+. The number of hydrogen-bond acceptors (Lipinski definition) is 4. The molecule has 0 saturated carbocycles. The van der Waals surface area contributed by atoms with E-state index in [-0.39, 0.29) is 5.91 Å². The highest BCUT2D eigenvalue weighted by atomic mass is 16.5. The summed E-state index contributed by atoms with van der Waals surface area (Å²) in [6, 6.07) is 14.1. The molecule has 6 heteroatoms. The van der Waals surface area contributed by atoms with E-state index in [1.54, 1.807) is 24.3 Å². The lowest BCUT2D eigenvalue weighted by Crippen LogP contribution is -2.21. The van der Waals surface area contributed by atoms with Crippen molar-refractivity contribution in [2.75, 3.05) is 19.0 Å². The zero-order valence-corrected chi connectivity index (χ0v) is 14.6. The zero-order chi connectivity index (χ0) is 18.9. The number of anilines is 1. The van der Waals surface area contributed by atoms with Crippen molar-refractivity contribution in [1.82, 2.24) is 5.32 Å². The molecule has 2 aromatic carbocycles. The van der Waals surface area contributed by atoms with Gasteiger partial charge in [0.2, 0.25) is 0 Å². The number of aryl methyl sites for hydroxylation is 1. The van der Waals surface area contributed by atoms with Crippen molar-refractivity contribution in [1.29, 1.82) is 0 Å². The lowest BCUT2D eigenvalue weighted by molar-refractivity contribution is -0.142. The molecule has 6 nitrogen and oxygen atoms in total. The number of hydrogen-bond donors (Lipinski definition) is 2. The third-order valence-electron chi connectivity index (χ3n) is 3.57. The van der Waals surface area contributed by atoms with Gasteiger partial charge in [0.25, 0.3) is 11.8 Å². The number of nitrogens with one attached hydrogen (secondary N) is 2. The van der Waals surface area contributed by atoms with Gasteiger partial charge in [0.15, 0.2) is 6.61 Å². The number of amides is 2. The SMILES string of the molecule is CNC(=O)c1cccc(NC(=O)COC(=O)/C=C/c2ccccc2C)c1. The summed E-state index contributed by atoms with van der Waals surface area (Å²) in [4.78, 5) is 35.2. The van der Waals surface area contributed by atoms with Crippen LogP contribution in [-0.2, 0) is 14.3 Å². The predicted octanol–water partition coefficient (Wildman–Crippen LogP) is 2.55. The maximum Gasteiger partial charge on any atom is 0.331 e. The van der Waals surface area contributed by atoms with Crippen LogP contribution in [0.2, 0.25) is 0 Å². The van der Waals surface area contributed by atoms with Gasteiger partial charge < -0.3 is 15.4 Å². The quantitative estimate of drug-likeness (QED) is 0.618. The summed E-state index contributed by atoms with van der Waals surface area (Å²) < 4.78 is 4.92. The Labute approximate surface area is 151 Å². The first kappa shape index (κ1) is 18.9. The third kappa shape index (κ3) is 5.59. The molecule has 2 aromatic rings. The first-order valence-corrected chi connectivity index (χ1v) is 8.02. The van der Waals surface area contributed by atoms with Crippen molar-refractivity contribution < 1.29 is 19.1 Å². The van der Waals surface area contributed by atoms with Crippen LogP contribution in [0.5, 0.6) is 0 Å². The second-order valence-corrected chi connectivity index (χ2v) is 5.51. The second-order valence-electron chi connectivity index (χ2n) is 5.51. The van der Waals surface area contributed by atoms with Crippen LogP contribution in [-0.4, -0.2) is 31.4 Å². The minimum atomic E-state index is -0.609. The Morgan fingerprint density at radius 1 is 1.08 bits per heavy atom. The molecular weight excluding hydrogens is 332 g/mol. The van der Waals surface area contributed by atoms with Gasteiger partial charge in [-0.25, -0.2) is 4.79 Å². The highest BCUT2D eigenvalue weighted by Crippen LogP contribution is 2.11. The molecule has 0 aliphatic heterocycles. The van der Waals surface area contributed by atoms with Gasteiger partial charge in [0.05, 0.1) is 0 Å². The summed E-state index contributed by atoms with van der Waals surface area (Å²) in [6.07, 6.45) is 2.92. The van der Waals surface area contributed by atoms with Crippen LogP contribution in [0.4, 0.5) is 5.69 Å². The summed E-state index contributed by atoms with van der Waals surface area (Å²) in [6.45, 7) is 1.52. The summed E-state index contributed by atoms with van der Waals surface area (Å²) in [5.74, 6) is -1.35. The highest BCUT2D eigenvalue weighted by molar-refractivity contribution is 5.98. The van der Waals surface area contributed by atoms with Crippen LogP contribution in [0.25, 0.3) is 6.08 Å². The Morgan fingerprint density at radius 3 is 2.58 bits per heavy atom. The zero-order valence-electron chi connectivity index (χ0n) is 14.6. The molecule has 0 radical (unpaired) electrons. The van der Waals surface area contributed by atoms with Gasteiger partial charge >= 0.3 is 5.97 Å². The summed E-state index contributed by atoms with van der Waals surface area (Å²) >= 11 is 0. The van der Waals surface area contributed by atoms with Gasteiger partial charge in [-0.2, -0.15) is 0 Å². The average molecular weight is 352 g/mol. The number of esters is 1. The molecule has 2 rings (SSSR count). The van der Waals surface area contributed by atoms with Gasteiger partial charge in [-0.05, 0) is 42.3 Å². The van der Waals surface area contributed by atoms with Crippen LogP contribution < -0.4 is 10.6 Å². The third-order valence-corrected chi connectivity index (χ3v) is 3.57. The van der Waals surface area contributed by atoms with Gasteiger partial charge in [-0.3, -0.25) is 9.59 Å². The minimum absolute atomic E-state index is 0.256. The lowest BCUT2D eigenvalue weighted by Gasteiger charge is -2.07. The molecule has 0 atom stereocenters. The van der Waals surface area contributed by atoms with Gasteiger partial charge in [-0.1, -0.05) is 30.3 Å². The molecule has 134 valence electrons. The second kappa shape index (κ2) is 9.17. The monoisotopic (exact) mass is 352 g/mol. The van der Waals surface area contributed by atoms with Crippen molar-refractivity contribution >= 4 is 29.5 Å². The first-order valence-electron chi connectivity index (χ1n) is 8.02. The summed E-state index contributed by atoms with van der Waals surface area (Å²) in [5.41, 5.74) is 2.80. The fourth-order valence-corrected chi connectivity index (χ4v) is 2.20. The smallest absolute Gasteiger partial charge is 0.331 e. The maximum atomic E-state index is 11.9. The molecule has 0 aromatic heterocycles. The fourth-order valence-electron chi connectivity index (χ4n) is 2.20. The number of ether oxygens (including phenoxy) is 1. The summed E-state index contributed by atoms with van der Waals surface area (Å²) in [5, 5.41) is 5.08. The molecule has 0 bridgehead atoms. The maximum absolute atomic E-state index is 11.9. The Kier molecular flexibility index (Phi) is 6.68. The molecular formula is C20H20N2O4. The van der Waals surface area contributed by atoms with E-state index in [1.165, 1.54) is 19.2 Å². The van der Waals surface area contributed by atoms with Crippen LogP contribution >= 0.6 is 0 Å². The van der Waals surface area contributed by atoms with E-state index in [0.29, 0.717) is 11.3 Å². The Bertz CT molecular complexity index is 843. The number of rotatable bonds is 6. The van der Waals surface area contributed by atoms with E-state index in [4.69, 9.17) is 4.74 Å². The number of benzene rings is 2. The van der Waals surface area contributed by atoms with E-state index in [0.717, 1.165) is 11.1 Å². The van der Waals surface area contributed by atoms with Gasteiger partial charge in [-0.15, -0.1) is 0 Å². The topological polar surface area (TPSA) is 84.5 Å². The Balaban J connectivity index is 1.86. The van der Waals surface area contributed by atoms with Crippen molar-refractivity contribution in [3.8, 4) is 0 Å². The largest absolute Gasteiger partial charge is 0.452 e. The van der Waals surface area contributed by atoms with Crippen LogP contribution in [0, 0.1) is 6.92 Å². The first-order chi connectivity index (χ1) is 12.5. The van der Waals surface area contributed by atoms with E-state index in [9.17, 15) is 14.4 Å². The van der Waals surface area contributed by atoms with Crippen molar-refractivity contribution in [3.63, 3.8) is 0 Å². The molecule has 0 fully saturated rings. The molecule has 2 amide bonds. The average Bonchev–Trinajstić information content (AvgIpc) is 2.65. The van der Waals surface area contributed by atoms with E-state index in [2.05, 4.69) is 10.6 Å². The number of carbonyl (C=O) groups excluding carboxylic acids is 3. The highest BCUT2D eigenvalue weighted by Gasteiger charge is 2.08. The molecule has 2 N–H and O–H groups in total. The van der Waals surface area contributed by atoms with Crippen LogP contribution in [0.1, 0.15) is 21.5 Å². The van der Waals surface area contributed by atoms with Gasteiger partial charge in [0.1, 0.15) is 0 Å². The molecule has 0 unspecified atom stereocenters. The minimum Gasteiger partial charge on any atom is -0.452 e. The Hall–Kier alpha value is -3.41. The van der Waals surface area contributed by atoms with Crippen LogP contribution in [0.3, 0.4) is 0 Å². The lowest BCUT2D eigenvalue weighted by atomic mass is 10.1. The van der Waals surface area contributed by atoms with E-state index in [1.807, 2.05) is 31.2 Å². The van der Waals surface area contributed by atoms with Crippen LogP contribution in [0.15, 0.2) is 54.6 Å². The van der Waals surface area contributed by atoms with E-state index >= 15 is 0 Å². The predicted molar refractivity (Wildman–Crippen MR) is 99.6 cm³/mol. The Morgan fingerprint density at radius 2 is 1.85 bits per heavy atom. The molecule has 0 aliphatic carbocycles. The van der Waals surface area contributed by atoms with Gasteiger partial charge in [0, 0.05) is 24.4 Å². The molecule has 0 spiro atoms. The molecule has 0 aliphatic rings. The fraction of sp³-hybridized carbons (Fsp3) is 0.150. The number of carbonyl (C=O) groups is 3. The molecule has 0 heterocycles. The van der Waals surface area contributed by atoms with E-state index < -0.39 is 18.5 Å². The molecule has 26 heavy (non-hydrogen) atoms. The van der Waals surface area contributed by atoms with Crippen molar-refractivity contribution in [2.24, 2.45) is 0 Å². The van der Waals surface area contributed by atoms with Crippen molar-refractivity contribution in [3.05, 3.63) is 71.3 Å². The van der Waals surface area contributed by atoms with Crippen molar-refractivity contribution in [2.45, 2.75) is 6.92 Å². The summed E-state index contributed by atoms with van der Waals surface area (Å²) in [7, 11) is 1.53. The molecule has 0 saturated heterocycles.